The maximum atomic E-state index is 9.86. The van der Waals surface area contributed by atoms with Gasteiger partial charge in [-0.1, -0.05) is 57.7 Å². The first-order valence-corrected chi connectivity index (χ1v) is 6.57. The number of hydrogen-bond acceptors (Lipinski definition) is 1. The number of benzene rings is 1. The molecule has 1 aromatic carbocycles. The van der Waals surface area contributed by atoms with E-state index in [2.05, 4.69) is 19.9 Å². The Hall–Kier alpha value is -0.980. The summed E-state index contributed by atoms with van der Waals surface area (Å²) in [6.45, 7) is 4.45. The molecule has 0 amide bonds. The summed E-state index contributed by atoms with van der Waals surface area (Å²) in [7, 11) is 0. The third-order valence-electron chi connectivity index (χ3n) is 3.17. The van der Waals surface area contributed by atoms with Gasteiger partial charge in [0.15, 0.2) is 0 Å². The molecule has 0 saturated carbocycles. The molecular weight excluding hydrogens is 196 g/mol. The fourth-order valence-electron chi connectivity index (χ4n) is 2.28. The molecular formula is C15H24O. The van der Waals surface area contributed by atoms with Crippen LogP contribution in [0.5, 0.6) is 5.75 Å². The van der Waals surface area contributed by atoms with Gasteiger partial charge >= 0.3 is 0 Å². The van der Waals surface area contributed by atoms with Crippen LogP contribution in [0.1, 0.15) is 63.9 Å². The number of unbranched alkanes of at least 4 members (excludes halogenated alkanes) is 2. The average Bonchev–Trinajstić information content (AvgIpc) is 2.29. The van der Waals surface area contributed by atoms with E-state index >= 15 is 0 Å². The molecule has 1 atom stereocenters. The van der Waals surface area contributed by atoms with E-state index in [-0.39, 0.29) is 0 Å². The van der Waals surface area contributed by atoms with Crippen molar-refractivity contribution >= 4 is 0 Å². The molecule has 1 heteroatoms. The Morgan fingerprint density at radius 3 is 2.38 bits per heavy atom. The predicted molar refractivity (Wildman–Crippen MR) is 69.9 cm³/mol. The molecule has 1 aromatic rings. The maximum Gasteiger partial charge on any atom is 0.119 e. The topological polar surface area (TPSA) is 20.2 Å². The first kappa shape index (κ1) is 13.1. The van der Waals surface area contributed by atoms with Crippen molar-refractivity contribution in [1.82, 2.24) is 0 Å². The molecule has 0 aliphatic rings. The van der Waals surface area contributed by atoms with E-state index in [0.29, 0.717) is 11.7 Å². The second kappa shape index (κ2) is 7.32. The lowest BCUT2D eigenvalue weighted by molar-refractivity contribution is 0.446. The Bertz CT molecular complexity index is 293. The number of rotatable bonds is 7. The highest BCUT2D eigenvalue weighted by Crippen LogP contribution is 2.32. The van der Waals surface area contributed by atoms with Crippen LogP contribution in [0.15, 0.2) is 24.3 Å². The van der Waals surface area contributed by atoms with Crippen molar-refractivity contribution in [3.63, 3.8) is 0 Å². The van der Waals surface area contributed by atoms with Gasteiger partial charge in [0.25, 0.3) is 0 Å². The van der Waals surface area contributed by atoms with Gasteiger partial charge in [-0.25, -0.2) is 0 Å². The van der Waals surface area contributed by atoms with Gasteiger partial charge in [-0.2, -0.15) is 0 Å². The lowest BCUT2D eigenvalue weighted by atomic mass is 9.89. The number of hydrogen-bond donors (Lipinski definition) is 1. The molecule has 0 radical (unpaired) electrons. The molecule has 1 N–H and O–H groups in total. The van der Waals surface area contributed by atoms with Gasteiger partial charge in [-0.3, -0.25) is 0 Å². The van der Waals surface area contributed by atoms with E-state index < -0.39 is 0 Å². The van der Waals surface area contributed by atoms with Crippen molar-refractivity contribution in [2.75, 3.05) is 0 Å². The molecule has 0 fully saturated rings. The third-order valence-corrected chi connectivity index (χ3v) is 3.17. The Balaban J connectivity index is 2.65. The van der Waals surface area contributed by atoms with Crippen LogP contribution >= 0.6 is 0 Å². The molecule has 0 heterocycles. The van der Waals surface area contributed by atoms with Gasteiger partial charge in [0.2, 0.25) is 0 Å². The molecule has 0 aliphatic carbocycles. The van der Waals surface area contributed by atoms with Crippen molar-refractivity contribution in [1.29, 1.82) is 0 Å². The largest absolute Gasteiger partial charge is 0.508 e. The summed E-state index contributed by atoms with van der Waals surface area (Å²) in [5, 5.41) is 9.86. The zero-order chi connectivity index (χ0) is 11.8. The van der Waals surface area contributed by atoms with Gasteiger partial charge in [-0.15, -0.1) is 0 Å². The lowest BCUT2D eigenvalue weighted by Gasteiger charge is -2.17. The van der Waals surface area contributed by atoms with Crippen molar-refractivity contribution in [3.05, 3.63) is 29.8 Å². The molecule has 0 spiro atoms. The summed E-state index contributed by atoms with van der Waals surface area (Å²) >= 11 is 0. The minimum absolute atomic E-state index is 0.470. The van der Waals surface area contributed by atoms with Crippen LogP contribution in [-0.2, 0) is 0 Å². The molecule has 1 rings (SSSR count). The van der Waals surface area contributed by atoms with Crippen molar-refractivity contribution in [2.24, 2.45) is 0 Å². The van der Waals surface area contributed by atoms with E-state index in [4.69, 9.17) is 0 Å². The van der Waals surface area contributed by atoms with Gasteiger partial charge in [0, 0.05) is 0 Å². The van der Waals surface area contributed by atoms with Gasteiger partial charge in [0.1, 0.15) is 5.75 Å². The zero-order valence-corrected chi connectivity index (χ0v) is 10.6. The molecule has 1 nitrogen and oxygen atoms in total. The monoisotopic (exact) mass is 220 g/mol. The summed E-state index contributed by atoms with van der Waals surface area (Å²) in [5.41, 5.74) is 1.14. The standard InChI is InChI=1S/C15H24O/c1-3-5-6-10-13(9-4-2)14-11-7-8-12-15(14)16/h7-8,11-13,16H,3-6,9-10H2,1-2H3. The summed E-state index contributed by atoms with van der Waals surface area (Å²) < 4.78 is 0. The Morgan fingerprint density at radius 1 is 1.00 bits per heavy atom. The van der Waals surface area contributed by atoms with E-state index in [9.17, 15) is 5.11 Å². The minimum Gasteiger partial charge on any atom is -0.508 e. The molecule has 0 aromatic heterocycles. The van der Waals surface area contributed by atoms with Crippen molar-refractivity contribution < 1.29 is 5.11 Å². The van der Waals surface area contributed by atoms with E-state index in [1.807, 2.05) is 12.1 Å². The van der Waals surface area contributed by atoms with Crippen LogP contribution in [0.25, 0.3) is 0 Å². The van der Waals surface area contributed by atoms with Crippen LogP contribution in [0.2, 0.25) is 0 Å². The van der Waals surface area contributed by atoms with Gasteiger partial charge < -0.3 is 5.11 Å². The normalized spacial score (nSPS) is 12.6. The van der Waals surface area contributed by atoms with Crippen LogP contribution in [-0.4, -0.2) is 5.11 Å². The third kappa shape index (κ3) is 3.88. The number of phenolic OH excluding ortho intramolecular Hbond substituents is 1. The lowest BCUT2D eigenvalue weighted by Crippen LogP contribution is -1.99. The number of para-hydroxylation sites is 1. The predicted octanol–water partition coefficient (Wildman–Crippen LogP) is 4.86. The van der Waals surface area contributed by atoms with E-state index in [0.717, 1.165) is 5.56 Å². The summed E-state index contributed by atoms with van der Waals surface area (Å²) in [5.74, 6) is 1.01. The first-order valence-electron chi connectivity index (χ1n) is 6.57. The second-order valence-electron chi connectivity index (χ2n) is 4.54. The quantitative estimate of drug-likeness (QED) is 0.651. The molecule has 0 saturated heterocycles. The molecule has 90 valence electrons. The minimum atomic E-state index is 0.470. The Morgan fingerprint density at radius 2 is 1.75 bits per heavy atom. The first-order chi connectivity index (χ1) is 7.79. The molecule has 1 unspecified atom stereocenters. The summed E-state index contributed by atoms with van der Waals surface area (Å²) in [6, 6.07) is 7.80. The highest BCUT2D eigenvalue weighted by atomic mass is 16.3. The highest BCUT2D eigenvalue weighted by molar-refractivity contribution is 5.34. The molecule has 0 bridgehead atoms. The van der Waals surface area contributed by atoms with Crippen LogP contribution in [0, 0.1) is 0 Å². The zero-order valence-electron chi connectivity index (χ0n) is 10.6. The van der Waals surface area contributed by atoms with Gasteiger partial charge in [0.05, 0.1) is 0 Å². The van der Waals surface area contributed by atoms with Crippen LogP contribution in [0.4, 0.5) is 0 Å². The highest BCUT2D eigenvalue weighted by Gasteiger charge is 2.13. The van der Waals surface area contributed by atoms with Crippen LogP contribution in [0.3, 0.4) is 0 Å². The smallest absolute Gasteiger partial charge is 0.119 e. The fourth-order valence-corrected chi connectivity index (χ4v) is 2.28. The van der Waals surface area contributed by atoms with E-state index in [1.54, 1.807) is 6.07 Å². The average molecular weight is 220 g/mol. The molecule has 0 aliphatic heterocycles. The Labute approximate surface area is 99.5 Å². The number of aromatic hydroxyl groups is 1. The summed E-state index contributed by atoms with van der Waals surface area (Å²) in [6.07, 6.45) is 7.41. The SMILES string of the molecule is CCCCCC(CCC)c1ccccc1O. The van der Waals surface area contributed by atoms with Gasteiger partial charge in [-0.05, 0) is 30.4 Å². The summed E-state index contributed by atoms with van der Waals surface area (Å²) in [4.78, 5) is 0. The fraction of sp³-hybridized carbons (Fsp3) is 0.600. The molecule has 16 heavy (non-hydrogen) atoms. The second-order valence-corrected chi connectivity index (χ2v) is 4.54. The van der Waals surface area contributed by atoms with Crippen molar-refractivity contribution in [2.45, 2.75) is 58.3 Å². The Kier molecular flexibility index (Phi) is 5.99. The van der Waals surface area contributed by atoms with Crippen LogP contribution < -0.4 is 0 Å². The van der Waals surface area contributed by atoms with Crippen molar-refractivity contribution in [3.8, 4) is 5.75 Å². The number of phenols is 1. The maximum absolute atomic E-state index is 9.86. The van der Waals surface area contributed by atoms with E-state index in [1.165, 1.54) is 38.5 Å².